The van der Waals surface area contributed by atoms with Crippen molar-refractivity contribution < 1.29 is 14.6 Å². The SMILES string of the molecule is CC(=O)OCc1ccc(O)c(CCCc2cccc(N(C(C)C)C(C)C)c2)c1. The number of esters is 1. The number of aryl methyl sites for hydroxylation is 2. The van der Waals surface area contributed by atoms with Gasteiger partial charge < -0.3 is 14.7 Å². The molecule has 0 amide bonds. The number of hydrogen-bond acceptors (Lipinski definition) is 4. The summed E-state index contributed by atoms with van der Waals surface area (Å²) in [5, 5.41) is 10.1. The van der Waals surface area contributed by atoms with Crippen LogP contribution in [0.4, 0.5) is 5.69 Å². The zero-order chi connectivity index (χ0) is 20.7. The highest BCUT2D eigenvalue weighted by Crippen LogP contribution is 2.24. The normalized spacial score (nSPS) is 11.1. The summed E-state index contributed by atoms with van der Waals surface area (Å²) in [5.74, 6) is -0.00235. The van der Waals surface area contributed by atoms with E-state index in [1.807, 2.05) is 6.07 Å². The number of rotatable bonds is 9. The van der Waals surface area contributed by atoms with Crippen LogP contribution in [0.2, 0.25) is 0 Å². The van der Waals surface area contributed by atoms with E-state index in [-0.39, 0.29) is 12.6 Å². The largest absolute Gasteiger partial charge is 0.508 e. The van der Waals surface area contributed by atoms with Crippen molar-refractivity contribution in [3.8, 4) is 5.75 Å². The first-order valence-electron chi connectivity index (χ1n) is 10.1. The van der Waals surface area contributed by atoms with Crippen LogP contribution in [0, 0.1) is 0 Å². The van der Waals surface area contributed by atoms with Crippen LogP contribution in [-0.2, 0) is 29.0 Å². The number of aromatic hydroxyl groups is 1. The molecule has 0 spiro atoms. The standard InChI is InChI=1S/C24H33NO3/c1-17(2)25(18(3)4)23-11-7-9-20(15-23)8-6-10-22-14-21(12-13-24(22)27)16-28-19(5)26/h7,9,11-15,17-18,27H,6,8,10,16H2,1-5H3. The minimum Gasteiger partial charge on any atom is -0.508 e. The highest BCUT2D eigenvalue weighted by Gasteiger charge is 2.14. The molecule has 4 heteroatoms. The van der Waals surface area contributed by atoms with Gasteiger partial charge in [0.1, 0.15) is 12.4 Å². The third-order valence-corrected chi connectivity index (χ3v) is 4.82. The molecule has 0 aliphatic rings. The van der Waals surface area contributed by atoms with Crippen molar-refractivity contribution in [1.82, 2.24) is 0 Å². The number of benzene rings is 2. The monoisotopic (exact) mass is 383 g/mol. The lowest BCUT2D eigenvalue weighted by atomic mass is 10.0. The van der Waals surface area contributed by atoms with Crippen LogP contribution in [0.1, 0.15) is 57.7 Å². The summed E-state index contributed by atoms with van der Waals surface area (Å²) in [6.45, 7) is 10.5. The van der Waals surface area contributed by atoms with E-state index in [2.05, 4.69) is 56.9 Å². The molecule has 1 N–H and O–H groups in total. The Morgan fingerprint density at radius 1 is 1.00 bits per heavy atom. The molecule has 0 unspecified atom stereocenters. The zero-order valence-corrected chi connectivity index (χ0v) is 17.7. The number of anilines is 1. The number of carbonyl (C=O) groups excluding carboxylic acids is 1. The second-order valence-electron chi connectivity index (χ2n) is 7.86. The third-order valence-electron chi connectivity index (χ3n) is 4.82. The molecule has 0 aliphatic heterocycles. The number of ether oxygens (including phenoxy) is 1. The van der Waals surface area contributed by atoms with Crippen LogP contribution in [0.3, 0.4) is 0 Å². The Hall–Kier alpha value is -2.49. The van der Waals surface area contributed by atoms with E-state index in [1.54, 1.807) is 12.1 Å². The van der Waals surface area contributed by atoms with Crippen LogP contribution in [0.5, 0.6) is 5.75 Å². The van der Waals surface area contributed by atoms with Crippen molar-refractivity contribution >= 4 is 11.7 Å². The quantitative estimate of drug-likeness (QED) is 0.601. The molecule has 0 bridgehead atoms. The molecule has 4 nitrogen and oxygen atoms in total. The molecule has 0 saturated heterocycles. The minimum absolute atomic E-state index is 0.241. The Kier molecular flexibility index (Phi) is 7.91. The van der Waals surface area contributed by atoms with E-state index < -0.39 is 0 Å². The van der Waals surface area contributed by atoms with Gasteiger partial charge in [0.15, 0.2) is 0 Å². The number of hydrogen-bond donors (Lipinski definition) is 1. The Morgan fingerprint density at radius 2 is 1.71 bits per heavy atom. The molecule has 0 fully saturated rings. The van der Waals surface area contributed by atoms with E-state index in [0.717, 1.165) is 30.4 Å². The maximum Gasteiger partial charge on any atom is 0.302 e. The number of carbonyl (C=O) groups is 1. The summed E-state index contributed by atoms with van der Waals surface area (Å²) in [6.07, 6.45) is 2.67. The van der Waals surface area contributed by atoms with Gasteiger partial charge in [0.05, 0.1) is 0 Å². The predicted molar refractivity (Wildman–Crippen MR) is 115 cm³/mol. The first kappa shape index (κ1) is 21.8. The average molecular weight is 384 g/mol. The van der Waals surface area contributed by atoms with Gasteiger partial charge in [-0.2, -0.15) is 0 Å². The van der Waals surface area contributed by atoms with Gasteiger partial charge in [-0.05, 0) is 87.9 Å². The van der Waals surface area contributed by atoms with Crippen LogP contribution >= 0.6 is 0 Å². The molecule has 2 rings (SSSR count). The van der Waals surface area contributed by atoms with Gasteiger partial charge in [0.2, 0.25) is 0 Å². The molecule has 0 heterocycles. The van der Waals surface area contributed by atoms with Crippen molar-refractivity contribution in [2.24, 2.45) is 0 Å². The molecule has 0 aromatic heterocycles. The van der Waals surface area contributed by atoms with E-state index >= 15 is 0 Å². The Balaban J connectivity index is 2.01. The molecular formula is C24H33NO3. The van der Waals surface area contributed by atoms with Gasteiger partial charge in [-0.15, -0.1) is 0 Å². The van der Waals surface area contributed by atoms with Crippen molar-refractivity contribution in [2.45, 2.75) is 72.6 Å². The van der Waals surface area contributed by atoms with Gasteiger partial charge in [-0.25, -0.2) is 0 Å². The third kappa shape index (κ3) is 6.29. The fraction of sp³-hybridized carbons (Fsp3) is 0.458. The molecule has 2 aromatic rings. The summed E-state index contributed by atoms with van der Waals surface area (Å²) >= 11 is 0. The van der Waals surface area contributed by atoms with Crippen molar-refractivity contribution in [3.63, 3.8) is 0 Å². The smallest absolute Gasteiger partial charge is 0.302 e. The fourth-order valence-corrected chi connectivity index (χ4v) is 3.66. The highest BCUT2D eigenvalue weighted by molar-refractivity contribution is 5.65. The number of nitrogens with zero attached hydrogens (tertiary/aromatic N) is 1. The van der Waals surface area contributed by atoms with Crippen LogP contribution in [0.15, 0.2) is 42.5 Å². The summed E-state index contributed by atoms with van der Waals surface area (Å²) in [5.41, 5.74) is 4.36. The van der Waals surface area contributed by atoms with E-state index in [1.165, 1.54) is 18.2 Å². The van der Waals surface area contributed by atoms with Crippen molar-refractivity contribution in [3.05, 3.63) is 59.2 Å². The minimum atomic E-state index is -0.300. The van der Waals surface area contributed by atoms with Gasteiger partial charge in [-0.3, -0.25) is 4.79 Å². The molecule has 28 heavy (non-hydrogen) atoms. The summed E-state index contributed by atoms with van der Waals surface area (Å²) in [4.78, 5) is 13.4. The molecule has 0 saturated carbocycles. The van der Waals surface area contributed by atoms with Crippen LogP contribution < -0.4 is 4.90 Å². The van der Waals surface area contributed by atoms with Crippen molar-refractivity contribution in [2.75, 3.05) is 4.90 Å². The van der Waals surface area contributed by atoms with Crippen LogP contribution in [0.25, 0.3) is 0 Å². The second-order valence-corrected chi connectivity index (χ2v) is 7.86. The molecular weight excluding hydrogens is 350 g/mol. The molecule has 0 aliphatic carbocycles. The summed E-state index contributed by atoms with van der Waals surface area (Å²) in [6, 6.07) is 15.0. The molecule has 0 atom stereocenters. The fourth-order valence-electron chi connectivity index (χ4n) is 3.66. The lowest BCUT2D eigenvalue weighted by Crippen LogP contribution is -2.36. The van der Waals surface area contributed by atoms with E-state index in [9.17, 15) is 9.90 Å². The first-order chi connectivity index (χ1) is 13.3. The Morgan fingerprint density at radius 3 is 2.36 bits per heavy atom. The zero-order valence-electron chi connectivity index (χ0n) is 17.7. The average Bonchev–Trinajstić information content (AvgIpc) is 2.62. The predicted octanol–water partition coefficient (Wildman–Crippen LogP) is 5.25. The Labute approximate surface area is 169 Å². The van der Waals surface area contributed by atoms with Gasteiger partial charge in [0.25, 0.3) is 0 Å². The lowest BCUT2D eigenvalue weighted by molar-refractivity contribution is -0.142. The maximum atomic E-state index is 11.0. The summed E-state index contributed by atoms with van der Waals surface area (Å²) < 4.78 is 5.05. The summed E-state index contributed by atoms with van der Waals surface area (Å²) in [7, 11) is 0. The number of phenolic OH excluding ortho intramolecular Hbond substituents is 1. The van der Waals surface area contributed by atoms with Gasteiger partial charge >= 0.3 is 5.97 Å². The highest BCUT2D eigenvalue weighted by atomic mass is 16.5. The topological polar surface area (TPSA) is 49.8 Å². The molecule has 2 aromatic carbocycles. The van der Waals surface area contributed by atoms with Crippen molar-refractivity contribution in [1.29, 1.82) is 0 Å². The van der Waals surface area contributed by atoms with E-state index in [4.69, 9.17) is 4.74 Å². The second kappa shape index (κ2) is 10.2. The van der Waals surface area contributed by atoms with Gasteiger partial charge in [0, 0.05) is 24.7 Å². The lowest BCUT2D eigenvalue weighted by Gasteiger charge is -2.33. The Bertz CT molecular complexity index is 775. The van der Waals surface area contributed by atoms with E-state index in [0.29, 0.717) is 17.8 Å². The van der Waals surface area contributed by atoms with Gasteiger partial charge in [-0.1, -0.05) is 18.2 Å². The first-order valence-corrected chi connectivity index (χ1v) is 10.1. The molecule has 152 valence electrons. The molecule has 0 radical (unpaired) electrons. The van der Waals surface area contributed by atoms with Crippen LogP contribution in [-0.4, -0.2) is 23.2 Å². The number of phenols is 1. The maximum absolute atomic E-state index is 11.0.